The number of nitrogens with one attached hydrogen (secondary N) is 1. The average Bonchev–Trinajstić information content (AvgIpc) is 2.79. The Morgan fingerprint density at radius 3 is 2.86 bits per heavy atom. The van der Waals surface area contributed by atoms with Crippen LogP contribution in [0, 0.1) is 30.1 Å². The van der Waals surface area contributed by atoms with Crippen molar-refractivity contribution in [3.05, 3.63) is 0 Å². The molecular formula is C13H21N. The zero-order chi connectivity index (χ0) is 9.97. The summed E-state index contributed by atoms with van der Waals surface area (Å²) in [5.74, 6) is 5.70. The van der Waals surface area contributed by atoms with Crippen molar-refractivity contribution in [1.29, 1.82) is 0 Å². The van der Waals surface area contributed by atoms with Crippen LogP contribution in [0.4, 0.5) is 0 Å². The van der Waals surface area contributed by atoms with Crippen LogP contribution in [0.25, 0.3) is 0 Å². The van der Waals surface area contributed by atoms with Gasteiger partial charge in [-0.2, -0.15) is 0 Å². The van der Waals surface area contributed by atoms with Crippen molar-refractivity contribution in [1.82, 2.24) is 5.32 Å². The van der Waals surface area contributed by atoms with Gasteiger partial charge < -0.3 is 5.32 Å². The first-order valence-corrected chi connectivity index (χ1v) is 5.98. The number of fused-ring (bicyclic) bond motifs is 2. The number of hydrogen-bond acceptors (Lipinski definition) is 1. The van der Waals surface area contributed by atoms with E-state index in [1.807, 2.05) is 0 Å². The number of hydrogen-bond donors (Lipinski definition) is 1. The third-order valence-corrected chi connectivity index (χ3v) is 4.17. The van der Waals surface area contributed by atoms with Gasteiger partial charge >= 0.3 is 0 Å². The maximum absolute atomic E-state index is 5.24. The van der Waals surface area contributed by atoms with E-state index in [2.05, 4.69) is 18.2 Å². The van der Waals surface area contributed by atoms with Crippen molar-refractivity contribution >= 4 is 0 Å². The van der Waals surface area contributed by atoms with Crippen molar-refractivity contribution in [2.75, 3.05) is 6.54 Å². The third-order valence-electron chi connectivity index (χ3n) is 4.17. The molecule has 2 fully saturated rings. The summed E-state index contributed by atoms with van der Waals surface area (Å²) in [6.07, 6.45) is 12.1. The topological polar surface area (TPSA) is 12.0 Å². The fourth-order valence-electron chi connectivity index (χ4n) is 3.43. The van der Waals surface area contributed by atoms with Gasteiger partial charge in [0.25, 0.3) is 0 Å². The summed E-state index contributed by atoms with van der Waals surface area (Å²) in [6.45, 7) is 3.33. The van der Waals surface area contributed by atoms with Crippen LogP contribution in [0.2, 0.25) is 0 Å². The molecule has 0 aromatic heterocycles. The fraction of sp³-hybridized carbons (Fsp3) is 0.846. The minimum Gasteiger partial charge on any atom is -0.313 e. The predicted molar refractivity (Wildman–Crippen MR) is 59.9 cm³/mol. The van der Waals surface area contributed by atoms with Gasteiger partial charge in [-0.1, -0.05) is 6.42 Å². The average molecular weight is 191 g/mol. The number of terminal acetylenes is 1. The molecule has 1 N–H and O–H groups in total. The van der Waals surface area contributed by atoms with Gasteiger partial charge in [-0.25, -0.2) is 0 Å². The predicted octanol–water partition coefficient (Wildman–Crippen LogP) is 2.42. The molecule has 2 saturated carbocycles. The Labute approximate surface area is 87.7 Å². The smallest absolute Gasteiger partial charge is 0.0211 e. The van der Waals surface area contributed by atoms with Crippen LogP contribution in [0.15, 0.2) is 0 Å². The van der Waals surface area contributed by atoms with E-state index in [9.17, 15) is 0 Å². The van der Waals surface area contributed by atoms with Crippen molar-refractivity contribution in [2.24, 2.45) is 17.8 Å². The highest BCUT2D eigenvalue weighted by molar-refractivity contribution is 4.94. The molecule has 2 rings (SSSR count). The van der Waals surface area contributed by atoms with Gasteiger partial charge in [0.2, 0.25) is 0 Å². The highest BCUT2D eigenvalue weighted by Gasteiger charge is 2.41. The minimum absolute atomic E-state index is 0.679. The molecule has 0 radical (unpaired) electrons. The second-order valence-electron chi connectivity index (χ2n) is 5.04. The van der Waals surface area contributed by atoms with Gasteiger partial charge in [-0.15, -0.1) is 12.3 Å². The first-order chi connectivity index (χ1) is 6.81. The second-order valence-corrected chi connectivity index (χ2v) is 5.04. The van der Waals surface area contributed by atoms with Gasteiger partial charge in [-0.3, -0.25) is 0 Å². The standard InChI is InChI=1S/C13H21N/c1-3-4-7-14-10(2)13-9-11-5-6-12(13)8-11/h1,10-14H,4-9H2,2H3. The van der Waals surface area contributed by atoms with E-state index in [1.165, 1.54) is 25.7 Å². The van der Waals surface area contributed by atoms with Crippen LogP contribution >= 0.6 is 0 Å². The van der Waals surface area contributed by atoms with Crippen LogP contribution in [0.1, 0.15) is 39.0 Å². The Morgan fingerprint density at radius 2 is 2.29 bits per heavy atom. The summed E-state index contributed by atoms with van der Waals surface area (Å²) < 4.78 is 0. The molecule has 2 aliphatic carbocycles. The molecular weight excluding hydrogens is 170 g/mol. The normalized spacial score (nSPS) is 37.0. The molecule has 0 aromatic carbocycles. The van der Waals surface area contributed by atoms with Crippen LogP contribution in [0.3, 0.4) is 0 Å². The Kier molecular flexibility index (Phi) is 3.13. The molecule has 1 heteroatoms. The molecule has 0 aliphatic heterocycles. The Morgan fingerprint density at radius 1 is 1.43 bits per heavy atom. The van der Waals surface area contributed by atoms with E-state index in [-0.39, 0.29) is 0 Å². The van der Waals surface area contributed by atoms with Crippen molar-refractivity contribution in [2.45, 2.75) is 45.1 Å². The van der Waals surface area contributed by atoms with Gasteiger partial charge in [0.1, 0.15) is 0 Å². The van der Waals surface area contributed by atoms with E-state index in [0.717, 1.165) is 30.7 Å². The summed E-state index contributed by atoms with van der Waals surface area (Å²) in [4.78, 5) is 0. The molecule has 0 heterocycles. The summed E-state index contributed by atoms with van der Waals surface area (Å²) >= 11 is 0. The lowest BCUT2D eigenvalue weighted by molar-refractivity contribution is 0.262. The third kappa shape index (κ3) is 1.96. The monoisotopic (exact) mass is 191 g/mol. The van der Waals surface area contributed by atoms with Gasteiger partial charge in [0.05, 0.1) is 0 Å². The molecule has 1 nitrogen and oxygen atoms in total. The van der Waals surface area contributed by atoms with Crippen molar-refractivity contribution in [3.8, 4) is 12.3 Å². The molecule has 0 saturated heterocycles. The van der Waals surface area contributed by atoms with Crippen molar-refractivity contribution in [3.63, 3.8) is 0 Å². The van der Waals surface area contributed by atoms with Crippen LogP contribution in [-0.2, 0) is 0 Å². The minimum atomic E-state index is 0.679. The van der Waals surface area contributed by atoms with E-state index >= 15 is 0 Å². The van der Waals surface area contributed by atoms with E-state index in [4.69, 9.17) is 6.42 Å². The van der Waals surface area contributed by atoms with Crippen molar-refractivity contribution < 1.29 is 0 Å². The first kappa shape index (κ1) is 10.1. The molecule has 2 aliphatic rings. The Hall–Kier alpha value is -0.480. The molecule has 14 heavy (non-hydrogen) atoms. The first-order valence-electron chi connectivity index (χ1n) is 5.98. The fourth-order valence-corrected chi connectivity index (χ4v) is 3.43. The van der Waals surface area contributed by atoms with Gasteiger partial charge in [-0.05, 0) is 43.9 Å². The van der Waals surface area contributed by atoms with Crippen LogP contribution < -0.4 is 5.32 Å². The van der Waals surface area contributed by atoms with E-state index in [0.29, 0.717) is 6.04 Å². The van der Waals surface area contributed by atoms with E-state index in [1.54, 1.807) is 0 Å². The second kappa shape index (κ2) is 4.36. The zero-order valence-corrected chi connectivity index (χ0v) is 9.13. The molecule has 2 bridgehead atoms. The largest absolute Gasteiger partial charge is 0.313 e. The molecule has 78 valence electrons. The summed E-state index contributed by atoms with van der Waals surface area (Å²) in [6, 6.07) is 0.679. The summed E-state index contributed by atoms with van der Waals surface area (Å²) in [5, 5.41) is 3.57. The Balaban J connectivity index is 1.76. The lowest BCUT2D eigenvalue weighted by Crippen LogP contribution is -2.36. The SMILES string of the molecule is C#CCCNC(C)C1CC2CCC1C2. The maximum Gasteiger partial charge on any atom is 0.0211 e. The molecule has 0 aromatic rings. The highest BCUT2D eigenvalue weighted by Crippen LogP contribution is 2.49. The summed E-state index contributed by atoms with van der Waals surface area (Å²) in [7, 11) is 0. The lowest BCUT2D eigenvalue weighted by Gasteiger charge is -2.28. The van der Waals surface area contributed by atoms with E-state index < -0.39 is 0 Å². The molecule has 4 unspecified atom stereocenters. The Bertz CT molecular complexity index is 228. The maximum atomic E-state index is 5.24. The van der Waals surface area contributed by atoms with Gasteiger partial charge in [0.15, 0.2) is 0 Å². The van der Waals surface area contributed by atoms with Gasteiger partial charge in [0, 0.05) is 19.0 Å². The highest BCUT2D eigenvalue weighted by atomic mass is 14.9. The zero-order valence-electron chi connectivity index (χ0n) is 9.13. The number of rotatable bonds is 4. The molecule has 4 atom stereocenters. The quantitative estimate of drug-likeness (QED) is 0.531. The summed E-state index contributed by atoms with van der Waals surface area (Å²) in [5.41, 5.74) is 0. The molecule has 0 amide bonds. The van der Waals surface area contributed by atoms with Crippen LogP contribution in [0.5, 0.6) is 0 Å². The molecule has 0 spiro atoms. The lowest BCUT2D eigenvalue weighted by atomic mass is 9.84. The van der Waals surface area contributed by atoms with Crippen LogP contribution in [-0.4, -0.2) is 12.6 Å².